The normalized spacial score (nSPS) is 19.3. The minimum absolute atomic E-state index is 0.120. The zero-order chi connectivity index (χ0) is 15.5. The summed E-state index contributed by atoms with van der Waals surface area (Å²) in [5.74, 6) is -0.852. The second-order valence-corrected chi connectivity index (χ2v) is 5.68. The zero-order valence-electron chi connectivity index (χ0n) is 11.8. The number of benzene rings is 2. The van der Waals surface area contributed by atoms with Gasteiger partial charge < -0.3 is 10.6 Å². The average molecular weight is 315 g/mol. The van der Waals surface area contributed by atoms with E-state index in [4.69, 9.17) is 11.6 Å². The predicted octanol–water partition coefficient (Wildman–Crippen LogP) is 3.55. The average Bonchev–Trinajstić information content (AvgIpc) is 3.31. The molecular formula is C17H15ClN2O2. The molecule has 0 radical (unpaired) electrons. The minimum atomic E-state index is -0.292. The molecule has 2 amide bonds. The topological polar surface area (TPSA) is 58.2 Å². The first-order valence-corrected chi connectivity index (χ1v) is 7.44. The maximum absolute atomic E-state index is 12.1. The molecule has 2 unspecified atom stereocenters. The van der Waals surface area contributed by atoms with Gasteiger partial charge in [0.05, 0.1) is 22.5 Å². The van der Waals surface area contributed by atoms with E-state index in [0.717, 1.165) is 5.69 Å². The van der Waals surface area contributed by atoms with E-state index in [9.17, 15) is 9.59 Å². The van der Waals surface area contributed by atoms with Crippen molar-refractivity contribution in [3.8, 4) is 0 Å². The van der Waals surface area contributed by atoms with Crippen LogP contribution < -0.4 is 10.6 Å². The van der Waals surface area contributed by atoms with Gasteiger partial charge in [-0.25, -0.2) is 0 Å². The Kier molecular flexibility index (Phi) is 4.11. The van der Waals surface area contributed by atoms with Crippen LogP contribution in [0.25, 0.3) is 0 Å². The smallest absolute Gasteiger partial charge is 0.228 e. The Bertz CT molecular complexity index is 703. The van der Waals surface area contributed by atoms with Crippen molar-refractivity contribution >= 4 is 34.8 Å². The lowest BCUT2D eigenvalue weighted by Gasteiger charge is -2.07. The first-order chi connectivity index (χ1) is 10.6. The molecule has 0 aromatic heterocycles. The third-order valence-corrected chi connectivity index (χ3v) is 3.97. The van der Waals surface area contributed by atoms with E-state index in [-0.39, 0.29) is 23.7 Å². The Morgan fingerprint density at radius 1 is 0.864 bits per heavy atom. The highest BCUT2D eigenvalue weighted by atomic mass is 35.5. The molecule has 0 heterocycles. The van der Waals surface area contributed by atoms with Crippen LogP contribution in [0.3, 0.4) is 0 Å². The van der Waals surface area contributed by atoms with Crippen LogP contribution in [0.1, 0.15) is 6.42 Å². The van der Waals surface area contributed by atoms with E-state index in [2.05, 4.69) is 10.6 Å². The van der Waals surface area contributed by atoms with E-state index in [1.54, 1.807) is 24.3 Å². The van der Waals surface area contributed by atoms with Gasteiger partial charge in [-0.3, -0.25) is 9.59 Å². The third kappa shape index (κ3) is 3.28. The van der Waals surface area contributed by atoms with Gasteiger partial charge in [0, 0.05) is 5.69 Å². The number of para-hydroxylation sites is 2. The van der Waals surface area contributed by atoms with Crippen molar-refractivity contribution in [1.29, 1.82) is 0 Å². The third-order valence-electron chi connectivity index (χ3n) is 3.64. The second-order valence-electron chi connectivity index (χ2n) is 5.27. The van der Waals surface area contributed by atoms with Crippen LogP contribution in [0.2, 0.25) is 5.02 Å². The standard InChI is InChI=1S/C17H15ClN2O2/c18-14-8-4-5-9-15(14)20-17(22)13-10-12(13)16(21)19-11-6-2-1-3-7-11/h1-9,12-13H,10H2,(H,19,21)(H,20,22). The number of nitrogens with one attached hydrogen (secondary N) is 2. The molecule has 1 saturated carbocycles. The van der Waals surface area contributed by atoms with Gasteiger partial charge in [0.1, 0.15) is 0 Å². The van der Waals surface area contributed by atoms with Gasteiger partial charge in [-0.1, -0.05) is 41.9 Å². The van der Waals surface area contributed by atoms with Crippen molar-refractivity contribution in [3.05, 3.63) is 59.6 Å². The number of anilines is 2. The molecule has 0 saturated heterocycles. The highest BCUT2D eigenvalue weighted by molar-refractivity contribution is 6.33. The molecule has 0 bridgehead atoms. The van der Waals surface area contributed by atoms with E-state index in [0.29, 0.717) is 17.1 Å². The van der Waals surface area contributed by atoms with Crippen LogP contribution in [0.5, 0.6) is 0 Å². The number of hydrogen-bond donors (Lipinski definition) is 2. The van der Waals surface area contributed by atoms with Crippen molar-refractivity contribution in [2.75, 3.05) is 10.6 Å². The van der Waals surface area contributed by atoms with Gasteiger partial charge in [0.25, 0.3) is 0 Å². The van der Waals surface area contributed by atoms with Gasteiger partial charge in [-0.05, 0) is 30.7 Å². The van der Waals surface area contributed by atoms with Crippen LogP contribution in [-0.4, -0.2) is 11.8 Å². The Balaban J connectivity index is 1.56. The summed E-state index contributed by atoms with van der Waals surface area (Å²) in [4.78, 5) is 24.2. The fourth-order valence-electron chi connectivity index (χ4n) is 2.32. The second kappa shape index (κ2) is 6.20. The van der Waals surface area contributed by atoms with Crippen molar-refractivity contribution < 1.29 is 9.59 Å². The van der Waals surface area contributed by atoms with Gasteiger partial charge >= 0.3 is 0 Å². The Labute approximate surface area is 133 Å². The van der Waals surface area contributed by atoms with E-state index in [1.165, 1.54) is 0 Å². The Hall–Kier alpha value is -2.33. The first kappa shape index (κ1) is 14.6. The molecule has 0 spiro atoms. The molecule has 2 N–H and O–H groups in total. The monoisotopic (exact) mass is 314 g/mol. The van der Waals surface area contributed by atoms with Crippen molar-refractivity contribution in [1.82, 2.24) is 0 Å². The van der Waals surface area contributed by atoms with E-state index < -0.39 is 0 Å². The van der Waals surface area contributed by atoms with Crippen LogP contribution in [0.15, 0.2) is 54.6 Å². The molecule has 112 valence electrons. The number of amides is 2. The van der Waals surface area contributed by atoms with E-state index in [1.807, 2.05) is 30.3 Å². The van der Waals surface area contributed by atoms with Crippen LogP contribution >= 0.6 is 11.6 Å². The number of carbonyl (C=O) groups excluding carboxylic acids is 2. The van der Waals surface area contributed by atoms with Crippen LogP contribution in [0.4, 0.5) is 11.4 Å². The largest absolute Gasteiger partial charge is 0.326 e. The molecule has 2 aromatic rings. The van der Waals surface area contributed by atoms with Crippen LogP contribution in [-0.2, 0) is 9.59 Å². The molecule has 22 heavy (non-hydrogen) atoms. The number of hydrogen-bond acceptors (Lipinski definition) is 2. The summed E-state index contributed by atoms with van der Waals surface area (Å²) >= 11 is 6.01. The predicted molar refractivity (Wildman–Crippen MR) is 86.8 cm³/mol. The lowest BCUT2D eigenvalue weighted by Crippen LogP contribution is -2.20. The quantitative estimate of drug-likeness (QED) is 0.906. The summed E-state index contributed by atoms with van der Waals surface area (Å²) < 4.78 is 0. The summed E-state index contributed by atoms with van der Waals surface area (Å²) in [7, 11) is 0. The fourth-order valence-corrected chi connectivity index (χ4v) is 2.50. The summed E-state index contributed by atoms with van der Waals surface area (Å²) in [6.07, 6.45) is 0.564. The molecular weight excluding hydrogens is 300 g/mol. The first-order valence-electron chi connectivity index (χ1n) is 7.06. The highest BCUT2D eigenvalue weighted by Gasteiger charge is 2.48. The molecule has 1 aliphatic rings. The van der Waals surface area contributed by atoms with Crippen molar-refractivity contribution in [3.63, 3.8) is 0 Å². The molecule has 2 atom stereocenters. The molecule has 1 aliphatic carbocycles. The maximum atomic E-state index is 12.1. The SMILES string of the molecule is O=C(Nc1ccccc1)C1CC1C(=O)Nc1ccccc1Cl. The van der Waals surface area contributed by atoms with Gasteiger partial charge in [0.15, 0.2) is 0 Å². The molecule has 5 heteroatoms. The molecule has 3 rings (SSSR count). The summed E-state index contributed by atoms with van der Waals surface area (Å²) in [6.45, 7) is 0. The lowest BCUT2D eigenvalue weighted by molar-refractivity contribution is -0.122. The molecule has 1 fully saturated rings. The van der Waals surface area contributed by atoms with E-state index >= 15 is 0 Å². The zero-order valence-corrected chi connectivity index (χ0v) is 12.5. The molecule has 0 aliphatic heterocycles. The Morgan fingerprint density at radius 3 is 2.14 bits per heavy atom. The summed E-state index contributed by atoms with van der Waals surface area (Å²) in [6, 6.07) is 16.3. The lowest BCUT2D eigenvalue weighted by atomic mass is 10.2. The number of carbonyl (C=O) groups is 2. The minimum Gasteiger partial charge on any atom is -0.326 e. The number of rotatable bonds is 4. The number of halogens is 1. The van der Waals surface area contributed by atoms with Crippen LogP contribution in [0, 0.1) is 11.8 Å². The maximum Gasteiger partial charge on any atom is 0.228 e. The van der Waals surface area contributed by atoms with Gasteiger partial charge in [0.2, 0.25) is 11.8 Å². The fraction of sp³-hybridized carbons (Fsp3) is 0.176. The van der Waals surface area contributed by atoms with Crippen molar-refractivity contribution in [2.45, 2.75) is 6.42 Å². The van der Waals surface area contributed by atoms with Crippen molar-refractivity contribution in [2.24, 2.45) is 11.8 Å². The molecule has 2 aromatic carbocycles. The highest BCUT2D eigenvalue weighted by Crippen LogP contribution is 2.40. The summed E-state index contributed by atoms with van der Waals surface area (Å²) in [5, 5.41) is 6.08. The molecule has 4 nitrogen and oxygen atoms in total. The van der Waals surface area contributed by atoms with Gasteiger partial charge in [-0.2, -0.15) is 0 Å². The Morgan fingerprint density at radius 2 is 1.45 bits per heavy atom. The van der Waals surface area contributed by atoms with Gasteiger partial charge in [-0.15, -0.1) is 0 Å². The summed E-state index contributed by atoms with van der Waals surface area (Å²) in [5.41, 5.74) is 1.31.